The molecule has 0 fully saturated rings. The van der Waals surface area contributed by atoms with E-state index in [0.29, 0.717) is 37.6 Å². The van der Waals surface area contributed by atoms with Crippen LogP contribution in [0.1, 0.15) is 58.1 Å². The molecular formula is C35H41N5O4. The maximum atomic E-state index is 12.6. The number of amides is 2. The molecule has 3 aromatic carbocycles. The molecule has 4 rings (SSSR count). The molecule has 0 spiro atoms. The summed E-state index contributed by atoms with van der Waals surface area (Å²) in [5.41, 5.74) is 10.8. The topological polar surface area (TPSA) is 139 Å². The molecule has 0 bridgehead atoms. The minimum Gasteiger partial charge on any atom is -0.494 e. The number of aromatic nitrogens is 1. The third-order valence-electron chi connectivity index (χ3n) is 7.20. The lowest BCUT2D eigenvalue weighted by Gasteiger charge is -2.17. The summed E-state index contributed by atoms with van der Waals surface area (Å²) in [7, 11) is 0. The van der Waals surface area contributed by atoms with E-state index in [4.69, 9.17) is 10.5 Å². The number of nitrogens with two attached hydrogens (primary N) is 1. The number of aliphatic hydroxyl groups is 1. The maximum Gasteiger partial charge on any atom is 0.251 e. The number of benzene rings is 3. The van der Waals surface area contributed by atoms with Gasteiger partial charge in [0.15, 0.2) is 0 Å². The van der Waals surface area contributed by atoms with E-state index in [1.165, 1.54) is 0 Å². The van der Waals surface area contributed by atoms with Gasteiger partial charge in [-0.15, -0.1) is 0 Å². The van der Waals surface area contributed by atoms with E-state index in [1.807, 2.05) is 67.6 Å². The second kappa shape index (κ2) is 16.2. The zero-order chi connectivity index (χ0) is 31.3. The lowest BCUT2D eigenvalue weighted by Crippen LogP contribution is -2.32. The summed E-state index contributed by atoms with van der Waals surface area (Å²) in [6.45, 7) is 5.71. The predicted octanol–water partition coefficient (Wildman–Crippen LogP) is 4.11. The molecule has 2 atom stereocenters. The molecule has 9 heteroatoms. The van der Waals surface area contributed by atoms with Crippen molar-refractivity contribution in [1.29, 1.82) is 0 Å². The second-order valence-electron chi connectivity index (χ2n) is 10.7. The molecule has 1 heterocycles. The van der Waals surface area contributed by atoms with Gasteiger partial charge in [0.25, 0.3) is 5.91 Å². The van der Waals surface area contributed by atoms with Crippen LogP contribution >= 0.6 is 0 Å². The molecule has 6 N–H and O–H groups in total. The van der Waals surface area contributed by atoms with Crippen molar-refractivity contribution in [3.63, 3.8) is 0 Å². The van der Waals surface area contributed by atoms with Crippen LogP contribution in [-0.4, -0.2) is 41.1 Å². The zero-order valence-corrected chi connectivity index (χ0v) is 25.3. The van der Waals surface area contributed by atoms with Crippen LogP contribution in [0.15, 0.2) is 91.1 Å². The van der Waals surface area contributed by atoms with E-state index in [0.717, 1.165) is 40.0 Å². The molecule has 2 amide bonds. The Labute approximate surface area is 258 Å². The van der Waals surface area contributed by atoms with Gasteiger partial charge >= 0.3 is 0 Å². The number of ether oxygens (including phenoxy) is 1. The first-order chi connectivity index (χ1) is 21.3. The number of aliphatic hydroxyl groups excluding tert-OH is 1. The lowest BCUT2D eigenvalue weighted by molar-refractivity contribution is -0.120. The van der Waals surface area contributed by atoms with Crippen LogP contribution in [0.4, 0.5) is 5.82 Å². The van der Waals surface area contributed by atoms with Gasteiger partial charge in [-0.25, -0.2) is 4.98 Å². The highest BCUT2D eigenvalue weighted by Crippen LogP contribution is 2.18. The molecule has 4 aromatic rings. The fourth-order valence-corrected chi connectivity index (χ4v) is 4.71. The van der Waals surface area contributed by atoms with Crippen molar-refractivity contribution in [2.45, 2.75) is 51.9 Å². The van der Waals surface area contributed by atoms with Gasteiger partial charge in [-0.1, -0.05) is 60.7 Å². The Bertz CT molecular complexity index is 1490. The second-order valence-corrected chi connectivity index (χ2v) is 10.7. The third kappa shape index (κ3) is 9.93. The fourth-order valence-electron chi connectivity index (χ4n) is 4.71. The van der Waals surface area contributed by atoms with Gasteiger partial charge in [0.05, 0.1) is 19.1 Å². The van der Waals surface area contributed by atoms with Crippen molar-refractivity contribution < 1.29 is 19.4 Å². The van der Waals surface area contributed by atoms with Crippen molar-refractivity contribution in [2.24, 2.45) is 0 Å². The van der Waals surface area contributed by atoms with Crippen LogP contribution < -0.4 is 26.4 Å². The van der Waals surface area contributed by atoms with Crippen LogP contribution in [-0.2, 0) is 30.7 Å². The SMILES string of the molecule is CCOc1ccccc1CNC(=O)c1ccc(CNC(=O)Cc2ccc(CC(C)NC[C@@H](O)c3ccc(N)nc3)cc2)cc1. The smallest absolute Gasteiger partial charge is 0.251 e. The first-order valence-corrected chi connectivity index (χ1v) is 14.9. The van der Waals surface area contributed by atoms with Crippen molar-refractivity contribution in [3.05, 3.63) is 125 Å². The molecule has 44 heavy (non-hydrogen) atoms. The number of nitrogen functional groups attached to an aromatic ring is 1. The standard InChI is InChI=1S/C35H41N5O4/c1-3-44-32-7-5-4-6-30(32)22-40-35(43)28-14-12-27(13-15-28)20-39-34(42)19-26-10-8-25(9-11-26)18-24(2)37-23-31(41)29-16-17-33(36)38-21-29/h4-17,21,24,31,37,41H,3,18-20,22-23H2,1-2H3,(H2,36,38)(H,39,42)(H,40,43)/t24?,31-/m1/s1. The molecular weight excluding hydrogens is 554 g/mol. The van der Waals surface area contributed by atoms with E-state index in [1.54, 1.807) is 30.5 Å². The number of para-hydroxylation sites is 1. The Morgan fingerprint density at radius 3 is 2.30 bits per heavy atom. The summed E-state index contributed by atoms with van der Waals surface area (Å²) in [6, 6.07) is 26.5. The molecule has 0 radical (unpaired) electrons. The highest BCUT2D eigenvalue weighted by atomic mass is 16.5. The lowest BCUT2D eigenvalue weighted by atomic mass is 10.0. The fraction of sp³-hybridized carbons (Fsp3) is 0.286. The van der Waals surface area contributed by atoms with Gasteiger partial charge in [-0.05, 0) is 61.2 Å². The summed E-state index contributed by atoms with van der Waals surface area (Å²) in [5, 5.41) is 19.6. The molecule has 1 aromatic heterocycles. The summed E-state index contributed by atoms with van der Waals surface area (Å²) >= 11 is 0. The minimum atomic E-state index is -0.663. The van der Waals surface area contributed by atoms with Crippen molar-refractivity contribution in [2.75, 3.05) is 18.9 Å². The van der Waals surface area contributed by atoms with E-state index in [9.17, 15) is 14.7 Å². The molecule has 0 aliphatic carbocycles. The number of nitrogens with one attached hydrogen (secondary N) is 3. The molecule has 0 aliphatic rings. The van der Waals surface area contributed by atoms with E-state index in [2.05, 4.69) is 27.9 Å². The molecule has 9 nitrogen and oxygen atoms in total. The normalized spacial score (nSPS) is 12.2. The average molecular weight is 596 g/mol. The highest BCUT2D eigenvalue weighted by Gasteiger charge is 2.12. The predicted molar refractivity (Wildman–Crippen MR) is 172 cm³/mol. The Balaban J connectivity index is 1.17. The number of pyridine rings is 1. The Morgan fingerprint density at radius 2 is 1.59 bits per heavy atom. The van der Waals surface area contributed by atoms with Crippen LogP contribution in [0, 0.1) is 0 Å². The summed E-state index contributed by atoms with van der Waals surface area (Å²) in [5.74, 6) is 0.942. The number of carbonyl (C=O) groups is 2. The Hall–Kier alpha value is -4.73. The van der Waals surface area contributed by atoms with Crippen molar-refractivity contribution >= 4 is 17.6 Å². The summed E-state index contributed by atoms with van der Waals surface area (Å²) in [4.78, 5) is 29.2. The Kier molecular flexibility index (Phi) is 11.9. The minimum absolute atomic E-state index is 0.0753. The van der Waals surface area contributed by atoms with Crippen molar-refractivity contribution in [3.8, 4) is 5.75 Å². The van der Waals surface area contributed by atoms with E-state index >= 15 is 0 Å². The monoisotopic (exact) mass is 595 g/mol. The van der Waals surface area contributed by atoms with Crippen molar-refractivity contribution in [1.82, 2.24) is 20.9 Å². The van der Waals surface area contributed by atoms with Crippen LogP contribution in [0.5, 0.6) is 5.75 Å². The quantitative estimate of drug-likeness (QED) is 0.139. The van der Waals surface area contributed by atoms with Crippen LogP contribution in [0.2, 0.25) is 0 Å². The maximum absolute atomic E-state index is 12.6. The largest absolute Gasteiger partial charge is 0.494 e. The molecule has 0 saturated heterocycles. The molecule has 230 valence electrons. The van der Waals surface area contributed by atoms with E-state index < -0.39 is 6.10 Å². The number of nitrogens with zero attached hydrogens (tertiary/aromatic N) is 1. The first kappa shape index (κ1) is 32.2. The third-order valence-corrected chi connectivity index (χ3v) is 7.20. The number of anilines is 1. The van der Waals surface area contributed by atoms with E-state index in [-0.39, 0.29) is 24.3 Å². The van der Waals surface area contributed by atoms with Gasteiger partial charge in [0.2, 0.25) is 5.91 Å². The van der Waals surface area contributed by atoms with Gasteiger partial charge in [0, 0.05) is 48.6 Å². The van der Waals surface area contributed by atoms with Crippen LogP contribution in [0.25, 0.3) is 0 Å². The van der Waals surface area contributed by atoms with Gasteiger partial charge in [0.1, 0.15) is 11.6 Å². The van der Waals surface area contributed by atoms with Gasteiger partial charge in [-0.3, -0.25) is 9.59 Å². The number of hydrogen-bond donors (Lipinski definition) is 5. The molecule has 1 unspecified atom stereocenters. The molecule has 0 saturated carbocycles. The summed E-state index contributed by atoms with van der Waals surface area (Å²) < 4.78 is 5.62. The number of carbonyl (C=O) groups excluding carboxylic acids is 2. The van der Waals surface area contributed by atoms with Gasteiger partial charge in [-0.2, -0.15) is 0 Å². The average Bonchev–Trinajstić information content (AvgIpc) is 3.04. The molecule has 0 aliphatic heterocycles. The Morgan fingerprint density at radius 1 is 0.886 bits per heavy atom. The first-order valence-electron chi connectivity index (χ1n) is 14.9. The summed E-state index contributed by atoms with van der Waals surface area (Å²) in [6.07, 6.45) is 1.99. The number of rotatable bonds is 15. The number of hydrogen-bond acceptors (Lipinski definition) is 7. The van der Waals surface area contributed by atoms with Crippen LogP contribution in [0.3, 0.4) is 0 Å². The zero-order valence-electron chi connectivity index (χ0n) is 25.3. The highest BCUT2D eigenvalue weighted by molar-refractivity contribution is 5.94. The van der Waals surface area contributed by atoms with Gasteiger partial charge < -0.3 is 31.5 Å².